The lowest BCUT2D eigenvalue weighted by molar-refractivity contribution is 0.583. The highest BCUT2D eigenvalue weighted by atomic mass is 79.9. The first-order valence-electron chi connectivity index (χ1n) is 4.48. The van der Waals surface area contributed by atoms with Crippen molar-refractivity contribution in [2.75, 3.05) is 4.72 Å². The van der Waals surface area contributed by atoms with Crippen molar-refractivity contribution in [2.24, 2.45) is 0 Å². The Morgan fingerprint density at radius 2 is 2.06 bits per heavy atom. The molecular formula is C9H5Br2FN2O2S2. The van der Waals surface area contributed by atoms with Gasteiger partial charge in [0.2, 0.25) is 5.95 Å². The van der Waals surface area contributed by atoms with Gasteiger partial charge in [0.05, 0.1) is 19.5 Å². The molecule has 0 unspecified atom stereocenters. The summed E-state index contributed by atoms with van der Waals surface area (Å²) in [7, 11) is -3.71. The SMILES string of the molecule is O=S(=O)(Nc1ccc(F)nc1)c1cc(Br)sc1Br. The van der Waals surface area contributed by atoms with E-state index in [1.165, 1.54) is 23.5 Å². The van der Waals surface area contributed by atoms with Gasteiger partial charge in [-0.3, -0.25) is 4.72 Å². The number of thiophene rings is 1. The minimum absolute atomic E-state index is 0.115. The molecule has 0 aliphatic carbocycles. The third-order valence-corrected chi connectivity index (χ3v) is 6.03. The first kappa shape index (κ1) is 13.9. The van der Waals surface area contributed by atoms with Crippen LogP contribution in [0.3, 0.4) is 0 Å². The topological polar surface area (TPSA) is 59.1 Å². The molecule has 2 heterocycles. The maximum absolute atomic E-state index is 12.6. The summed E-state index contributed by atoms with van der Waals surface area (Å²) in [6.07, 6.45) is 1.11. The molecule has 96 valence electrons. The summed E-state index contributed by atoms with van der Waals surface area (Å²) in [5.41, 5.74) is 0.200. The number of hydrogen-bond acceptors (Lipinski definition) is 4. The number of aromatic nitrogens is 1. The number of sulfonamides is 1. The lowest BCUT2D eigenvalue weighted by atomic mass is 10.4. The Labute approximate surface area is 124 Å². The van der Waals surface area contributed by atoms with Crippen LogP contribution in [0.15, 0.2) is 36.9 Å². The van der Waals surface area contributed by atoms with Gasteiger partial charge in [0, 0.05) is 0 Å². The molecule has 18 heavy (non-hydrogen) atoms. The average molecular weight is 416 g/mol. The predicted octanol–water partition coefficient (Wildman–Crippen LogP) is 3.61. The van der Waals surface area contributed by atoms with Crippen LogP contribution in [-0.4, -0.2) is 13.4 Å². The van der Waals surface area contributed by atoms with Gasteiger partial charge in [0.25, 0.3) is 10.0 Å². The molecule has 0 saturated heterocycles. The second-order valence-electron chi connectivity index (χ2n) is 3.16. The lowest BCUT2D eigenvalue weighted by Crippen LogP contribution is -2.12. The fraction of sp³-hybridized carbons (Fsp3) is 0. The van der Waals surface area contributed by atoms with Crippen LogP contribution in [-0.2, 0) is 10.0 Å². The number of nitrogens with zero attached hydrogens (tertiary/aromatic N) is 1. The second kappa shape index (κ2) is 5.24. The molecule has 2 aromatic heterocycles. The van der Waals surface area contributed by atoms with E-state index in [2.05, 4.69) is 41.6 Å². The molecule has 0 amide bonds. The molecule has 0 saturated carbocycles. The van der Waals surface area contributed by atoms with E-state index < -0.39 is 16.0 Å². The molecule has 4 nitrogen and oxygen atoms in total. The largest absolute Gasteiger partial charge is 0.278 e. The molecule has 0 bridgehead atoms. The maximum Gasteiger partial charge on any atom is 0.263 e. The number of pyridine rings is 1. The van der Waals surface area contributed by atoms with Gasteiger partial charge in [0.1, 0.15) is 4.90 Å². The zero-order valence-corrected chi connectivity index (χ0v) is 13.3. The van der Waals surface area contributed by atoms with E-state index in [4.69, 9.17) is 0 Å². The summed E-state index contributed by atoms with van der Waals surface area (Å²) in [6, 6.07) is 3.86. The number of hydrogen-bond donors (Lipinski definition) is 1. The van der Waals surface area contributed by atoms with Gasteiger partial charge in [-0.2, -0.15) is 4.39 Å². The molecule has 0 fully saturated rings. The fourth-order valence-corrected chi connectivity index (χ4v) is 6.01. The highest BCUT2D eigenvalue weighted by Gasteiger charge is 2.20. The van der Waals surface area contributed by atoms with Crippen molar-refractivity contribution in [2.45, 2.75) is 4.90 Å². The van der Waals surface area contributed by atoms with Crippen LogP contribution in [0.4, 0.5) is 10.1 Å². The zero-order valence-electron chi connectivity index (χ0n) is 8.52. The molecule has 0 atom stereocenters. The van der Waals surface area contributed by atoms with Crippen molar-refractivity contribution in [1.29, 1.82) is 0 Å². The van der Waals surface area contributed by atoms with Gasteiger partial charge in [-0.15, -0.1) is 11.3 Å². The Balaban J connectivity index is 2.33. The molecule has 9 heteroatoms. The van der Waals surface area contributed by atoms with Gasteiger partial charge >= 0.3 is 0 Å². The number of anilines is 1. The summed E-state index contributed by atoms with van der Waals surface area (Å²) < 4.78 is 40.2. The van der Waals surface area contributed by atoms with Crippen LogP contribution in [0.5, 0.6) is 0 Å². The quantitative estimate of drug-likeness (QED) is 0.779. The standard InChI is InChI=1S/C9H5Br2FN2O2S2/c10-7-3-6(9(11)17-7)18(15,16)14-5-1-2-8(12)13-4-5/h1-4,14H. The second-order valence-corrected chi connectivity index (χ2v) is 8.56. The maximum atomic E-state index is 12.6. The highest BCUT2D eigenvalue weighted by Crippen LogP contribution is 2.35. The van der Waals surface area contributed by atoms with Crippen molar-refractivity contribution >= 4 is 58.9 Å². The van der Waals surface area contributed by atoms with Crippen molar-refractivity contribution in [1.82, 2.24) is 4.98 Å². The van der Waals surface area contributed by atoms with Crippen LogP contribution in [0.1, 0.15) is 0 Å². The molecule has 0 aromatic carbocycles. The van der Waals surface area contributed by atoms with Crippen LogP contribution >= 0.6 is 43.2 Å². The van der Waals surface area contributed by atoms with Crippen molar-refractivity contribution in [3.63, 3.8) is 0 Å². The van der Waals surface area contributed by atoms with Gasteiger partial charge in [-0.05, 0) is 50.1 Å². The van der Waals surface area contributed by atoms with Crippen molar-refractivity contribution in [3.05, 3.63) is 37.9 Å². The molecule has 2 aromatic rings. The smallest absolute Gasteiger partial charge is 0.263 e. The molecule has 0 spiro atoms. The normalized spacial score (nSPS) is 11.5. The van der Waals surface area contributed by atoms with Crippen LogP contribution in [0.2, 0.25) is 0 Å². The predicted molar refractivity (Wildman–Crippen MR) is 74.7 cm³/mol. The van der Waals surface area contributed by atoms with Gasteiger partial charge < -0.3 is 0 Å². The summed E-state index contributed by atoms with van der Waals surface area (Å²) in [6.45, 7) is 0. The van der Waals surface area contributed by atoms with E-state index in [1.54, 1.807) is 0 Å². The van der Waals surface area contributed by atoms with Crippen molar-refractivity contribution in [3.8, 4) is 0 Å². The zero-order chi connectivity index (χ0) is 13.3. The third kappa shape index (κ3) is 3.08. The Morgan fingerprint density at radius 1 is 1.33 bits per heavy atom. The Morgan fingerprint density at radius 3 is 2.56 bits per heavy atom. The minimum Gasteiger partial charge on any atom is -0.278 e. The molecule has 1 N–H and O–H groups in total. The average Bonchev–Trinajstić information content (AvgIpc) is 2.62. The van der Waals surface area contributed by atoms with Crippen LogP contribution < -0.4 is 4.72 Å². The van der Waals surface area contributed by atoms with Crippen LogP contribution in [0, 0.1) is 5.95 Å². The monoisotopic (exact) mass is 414 g/mol. The van der Waals surface area contributed by atoms with Gasteiger partial charge in [0.15, 0.2) is 0 Å². The molecule has 0 radical (unpaired) electrons. The van der Waals surface area contributed by atoms with E-state index in [0.717, 1.165) is 12.3 Å². The summed E-state index contributed by atoms with van der Waals surface area (Å²) in [4.78, 5) is 3.49. The van der Waals surface area contributed by atoms with E-state index in [1.807, 2.05) is 0 Å². The van der Waals surface area contributed by atoms with E-state index in [-0.39, 0.29) is 10.6 Å². The van der Waals surface area contributed by atoms with Crippen molar-refractivity contribution < 1.29 is 12.8 Å². The van der Waals surface area contributed by atoms with Gasteiger partial charge in [-0.25, -0.2) is 13.4 Å². The Bertz CT molecular complexity index is 670. The Kier molecular flexibility index (Phi) is 4.05. The number of rotatable bonds is 3. The number of halogens is 3. The van der Waals surface area contributed by atoms with Gasteiger partial charge in [-0.1, -0.05) is 0 Å². The summed E-state index contributed by atoms with van der Waals surface area (Å²) >= 11 is 7.62. The molecule has 2 rings (SSSR count). The van der Waals surface area contributed by atoms with Crippen LogP contribution in [0.25, 0.3) is 0 Å². The summed E-state index contributed by atoms with van der Waals surface area (Å²) in [5, 5.41) is 0. The van der Waals surface area contributed by atoms with E-state index >= 15 is 0 Å². The third-order valence-electron chi connectivity index (χ3n) is 1.89. The fourth-order valence-electron chi connectivity index (χ4n) is 1.15. The first-order chi connectivity index (χ1) is 8.38. The van der Waals surface area contributed by atoms with E-state index in [9.17, 15) is 12.8 Å². The highest BCUT2D eigenvalue weighted by molar-refractivity contribution is 9.12. The number of nitrogens with one attached hydrogen (secondary N) is 1. The molecular weight excluding hydrogens is 411 g/mol. The molecule has 0 aliphatic rings. The lowest BCUT2D eigenvalue weighted by Gasteiger charge is -2.06. The minimum atomic E-state index is -3.71. The molecule has 0 aliphatic heterocycles. The first-order valence-corrected chi connectivity index (χ1v) is 8.36. The van der Waals surface area contributed by atoms with E-state index in [0.29, 0.717) is 7.57 Å². The summed E-state index contributed by atoms with van der Waals surface area (Å²) in [5.74, 6) is -0.669. The Hall–Kier alpha value is -0.510.